The second kappa shape index (κ2) is 2.30. The predicted octanol–water partition coefficient (Wildman–Crippen LogP) is 2.03. The highest BCUT2D eigenvalue weighted by molar-refractivity contribution is 9.10. The molecule has 2 heterocycles. The number of fused-ring (bicyclic) bond motifs is 1. The van der Waals surface area contributed by atoms with Gasteiger partial charge in [0.25, 0.3) is 0 Å². The number of rotatable bonds is 0. The lowest BCUT2D eigenvalue weighted by molar-refractivity contribution is 1.11. The molecule has 0 aliphatic rings. The third kappa shape index (κ3) is 0.939. The largest absolute Gasteiger partial charge is 0.276 e. The Balaban J connectivity index is 2.93. The van der Waals surface area contributed by atoms with Crippen LogP contribution in [0.2, 0.25) is 0 Å². The van der Waals surface area contributed by atoms with Gasteiger partial charge < -0.3 is 0 Å². The molecule has 0 bridgehead atoms. The van der Waals surface area contributed by atoms with Crippen molar-refractivity contribution in [2.75, 3.05) is 0 Å². The van der Waals surface area contributed by atoms with Crippen LogP contribution >= 0.6 is 15.9 Å². The number of nitrogens with one attached hydrogen (secondary N) is 1. The van der Waals surface area contributed by atoms with E-state index in [-0.39, 0.29) is 0 Å². The molecule has 4 heteroatoms. The van der Waals surface area contributed by atoms with Crippen molar-refractivity contribution in [2.24, 2.45) is 0 Å². The molecular formula is C7H6BrN3. The molecule has 3 nitrogen and oxygen atoms in total. The molecule has 0 aliphatic heterocycles. The Morgan fingerprint density at radius 2 is 2.27 bits per heavy atom. The van der Waals surface area contributed by atoms with Gasteiger partial charge in [-0.3, -0.25) is 10.1 Å². The summed E-state index contributed by atoms with van der Waals surface area (Å²) in [5.41, 5.74) is 3.05. The average molecular weight is 212 g/mol. The van der Waals surface area contributed by atoms with Crippen LogP contribution in [0.5, 0.6) is 0 Å². The van der Waals surface area contributed by atoms with Gasteiger partial charge in [-0.1, -0.05) is 0 Å². The van der Waals surface area contributed by atoms with Gasteiger partial charge in [-0.05, 0) is 28.4 Å². The Morgan fingerprint density at radius 1 is 1.45 bits per heavy atom. The monoisotopic (exact) mass is 211 g/mol. The summed E-state index contributed by atoms with van der Waals surface area (Å²) in [7, 11) is 0. The number of hydrogen-bond donors (Lipinski definition) is 1. The molecule has 0 aliphatic carbocycles. The van der Waals surface area contributed by atoms with Crippen molar-refractivity contribution in [2.45, 2.75) is 6.92 Å². The van der Waals surface area contributed by atoms with Crippen LogP contribution < -0.4 is 0 Å². The van der Waals surface area contributed by atoms with Gasteiger partial charge in [-0.2, -0.15) is 5.10 Å². The minimum Gasteiger partial charge on any atom is -0.276 e. The van der Waals surface area contributed by atoms with Crippen LogP contribution in [0.25, 0.3) is 11.0 Å². The van der Waals surface area contributed by atoms with Gasteiger partial charge in [0.15, 0.2) is 0 Å². The van der Waals surface area contributed by atoms with Gasteiger partial charge in [0.1, 0.15) is 5.52 Å². The number of pyridine rings is 1. The van der Waals surface area contributed by atoms with E-state index in [1.165, 1.54) is 0 Å². The van der Waals surface area contributed by atoms with E-state index in [1.54, 1.807) is 12.4 Å². The van der Waals surface area contributed by atoms with Crippen LogP contribution in [0.4, 0.5) is 0 Å². The number of aromatic amines is 1. The fraction of sp³-hybridized carbons (Fsp3) is 0.143. The molecular weight excluding hydrogens is 206 g/mol. The van der Waals surface area contributed by atoms with E-state index < -0.39 is 0 Å². The van der Waals surface area contributed by atoms with Crippen LogP contribution in [0.3, 0.4) is 0 Å². The van der Waals surface area contributed by atoms with E-state index in [0.717, 1.165) is 21.1 Å². The molecule has 2 aromatic rings. The molecule has 0 saturated heterocycles. The second-order valence-electron chi connectivity index (χ2n) is 2.36. The van der Waals surface area contributed by atoms with Gasteiger partial charge in [-0.25, -0.2) is 0 Å². The fourth-order valence-corrected chi connectivity index (χ4v) is 1.30. The lowest BCUT2D eigenvalue weighted by Gasteiger charge is -1.96. The number of nitrogens with zero attached hydrogens (tertiary/aromatic N) is 2. The maximum atomic E-state index is 4.16. The topological polar surface area (TPSA) is 41.6 Å². The van der Waals surface area contributed by atoms with Gasteiger partial charge in [-0.15, -0.1) is 0 Å². The van der Waals surface area contributed by atoms with E-state index in [9.17, 15) is 0 Å². The Hall–Kier alpha value is -0.900. The molecule has 2 rings (SSSR count). The highest BCUT2D eigenvalue weighted by Crippen LogP contribution is 2.20. The molecule has 11 heavy (non-hydrogen) atoms. The highest BCUT2D eigenvalue weighted by atomic mass is 79.9. The Morgan fingerprint density at radius 3 is 3.09 bits per heavy atom. The summed E-state index contributed by atoms with van der Waals surface area (Å²) in [6, 6.07) is 0. The number of aromatic nitrogens is 3. The van der Waals surface area contributed by atoms with Crippen LogP contribution in [0, 0.1) is 6.92 Å². The Kier molecular flexibility index (Phi) is 1.42. The first kappa shape index (κ1) is 6.79. The molecule has 0 unspecified atom stereocenters. The molecule has 1 N–H and O–H groups in total. The van der Waals surface area contributed by atoms with Gasteiger partial charge in [0.2, 0.25) is 0 Å². The second-order valence-corrected chi connectivity index (χ2v) is 3.22. The third-order valence-corrected chi connectivity index (χ3v) is 2.47. The lowest BCUT2D eigenvalue weighted by atomic mass is 10.2. The maximum Gasteiger partial charge on any atom is 0.108 e. The van der Waals surface area contributed by atoms with Gasteiger partial charge in [0, 0.05) is 10.7 Å². The van der Waals surface area contributed by atoms with Crippen LogP contribution in [-0.4, -0.2) is 15.2 Å². The first-order chi connectivity index (χ1) is 5.29. The van der Waals surface area contributed by atoms with Crippen molar-refractivity contribution < 1.29 is 0 Å². The van der Waals surface area contributed by atoms with Crippen molar-refractivity contribution in [3.05, 3.63) is 22.4 Å². The number of aryl methyl sites for hydroxylation is 1. The summed E-state index contributed by atoms with van der Waals surface area (Å²) in [5.74, 6) is 0. The molecule has 56 valence electrons. The summed E-state index contributed by atoms with van der Waals surface area (Å²) in [4.78, 5) is 4.16. The first-order valence-electron chi connectivity index (χ1n) is 3.23. The molecule has 2 aromatic heterocycles. The van der Waals surface area contributed by atoms with Crippen molar-refractivity contribution in [1.82, 2.24) is 15.2 Å². The molecule has 0 radical (unpaired) electrons. The van der Waals surface area contributed by atoms with Crippen LogP contribution in [0.1, 0.15) is 5.56 Å². The smallest absolute Gasteiger partial charge is 0.108 e. The van der Waals surface area contributed by atoms with Crippen LogP contribution in [0.15, 0.2) is 16.9 Å². The number of H-pyrrole nitrogens is 1. The van der Waals surface area contributed by atoms with E-state index >= 15 is 0 Å². The van der Waals surface area contributed by atoms with Crippen molar-refractivity contribution in [1.29, 1.82) is 0 Å². The molecule has 0 aromatic carbocycles. The van der Waals surface area contributed by atoms with Gasteiger partial charge in [0.05, 0.1) is 11.7 Å². The zero-order chi connectivity index (χ0) is 7.84. The lowest BCUT2D eigenvalue weighted by Crippen LogP contribution is -1.81. The van der Waals surface area contributed by atoms with Crippen molar-refractivity contribution in [3.63, 3.8) is 0 Å². The molecule has 0 atom stereocenters. The molecule has 0 amide bonds. The first-order valence-corrected chi connectivity index (χ1v) is 4.02. The van der Waals surface area contributed by atoms with E-state index in [4.69, 9.17) is 0 Å². The fourth-order valence-electron chi connectivity index (χ4n) is 0.996. The summed E-state index contributed by atoms with van der Waals surface area (Å²) in [5, 5.41) is 6.78. The predicted molar refractivity (Wildman–Crippen MR) is 46.3 cm³/mol. The number of halogens is 1. The zero-order valence-electron chi connectivity index (χ0n) is 5.93. The van der Waals surface area contributed by atoms with Crippen molar-refractivity contribution >= 4 is 27.0 Å². The summed E-state index contributed by atoms with van der Waals surface area (Å²) in [6.07, 6.45) is 3.50. The maximum absolute atomic E-state index is 4.16. The normalized spacial score (nSPS) is 10.7. The van der Waals surface area contributed by atoms with E-state index in [1.807, 2.05) is 6.92 Å². The molecule has 0 fully saturated rings. The van der Waals surface area contributed by atoms with E-state index in [2.05, 4.69) is 31.1 Å². The molecule has 0 saturated carbocycles. The highest BCUT2D eigenvalue weighted by Gasteiger charge is 2.02. The quantitative estimate of drug-likeness (QED) is 0.725. The third-order valence-electron chi connectivity index (χ3n) is 1.67. The minimum atomic E-state index is 0.908. The molecule has 0 spiro atoms. The number of hydrogen-bond acceptors (Lipinski definition) is 2. The van der Waals surface area contributed by atoms with Crippen molar-refractivity contribution in [3.8, 4) is 0 Å². The zero-order valence-corrected chi connectivity index (χ0v) is 7.51. The Bertz CT molecular complexity index is 393. The summed E-state index contributed by atoms with van der Waals surface area (Å²) < 4.78 is 1.01. The van der Waals surface area contributed by atoms with Gasteiger partial charge >= 0.3 is 0 Å². The summed E-state index contributed by atoms with van der Waals surface area (Å²) in [6.45, 7) is 2.02. The van der Waals surface area contributed by atoms with E-state index in [0.29, 0.717) is 0 Å². The standard InChI is InChI=1S/C7H6BrN3/c1-4-5(8)2-9-6-3-10-11-7(4)6/h2-3H,1H3,(H,10,11). The van der Waals surface area contributed by atoms with Crippen LogP contribution in [-0.2, 0) is 0 Å². The Labute approximate surface area is 72.0 Å². The minimum absolute atomic E-state index is 0.908. The summed E-state index contributed by atoms with van der Waals surface area (Å²) >= 11 is 3.39. The SMILES string of the molecule is Cc1c(Br)cnc2cn[nH]c12. The average Bonchev–Trinajstić information content (AvgIpc) is 2.45.